The maximum atomic E-state index is 5.71. The first-order chi connectivity index (χ1) is 8.22. The van der Waals surface area contributed by atoms with E-state index in [1.54, 1.807) is 0 Å². The highest BCUT2D eigenvalue weighted by molar-refractivity contribution is 5.78. The van der Waals surface area contributed by atoms with Gasteiger partial charge in [0, 0.05) is 11.7 Å². The second-order valence-electron chi connectivity index (χ2n) is 4.28. The van der Waals surface area contributed by atoms with Crippen LogP contribution in [0.4, 0.5) is 11.7 Å². The van der Waals surface area contributed by atoms with Crippen LogP contribution >= 0.6 is 0 Å². The zero-order chi connectivity index (χ0) is 12.3. The van der Waals surface area contributed by atoms with Gasteiger partial charge in [-0.3, -0.25) is 0 Å². The summed E-state index contributed by atoms with van der Waals surface area (Å²) >= 11 is 0. The smallest absolute Gasteiger partial charge is 0.295 e. The molecule has 0 spiro atoms. The minimum absolute atomic E-state index is 0.422. The standard InChI is InChI=1S/C13H19N3O/c1-3-5-10(4-2)15-13-16-11-8-9(14)6-7-12(11)17-13/h6-8,10H,3-5,14H2,1-2H3,(H,15,16). The average Bonchev–Trinajstić information content (AvgIpc) is 2.69. The summed E-state index contributed by atoms with van der Waals surface area (Å²) in [5.74, 6) is 0. The molecule has 1 atom stereocenters. The lowest BCUT2D eigenvalue weighted by molar-refractivity contribution is 0.562. The van der Waals surface area contributed by atoms with E-state index in [1.807, 2.05) is 18.2 Å². The lowest BCUT2D eigenvalue weighted by Gasteiger charge is -2.13. The molecule has 4 heteroatoms. The zero-order valence-electron chi connectivity index (χ0n) is 10.4. The van der Waals surface area contributed by atoms with Crippen molar-refractivity contribution in [3.63, 3.8) is 0 Å². The summed E-state index contributed by atoms with van der Waals surface area (Å²) in [6.07, 6.45) is 3.34. The Bertz CT molecular complexity index is 492. The molecule has 92 valence electrons. The molecule has 0 amide bonds. The summed E-state index contributed by atoms with van der Waals surface area (Å²) in [7, 11) is 0. The fraction of sp³-hybridized carbons (Fsp3) is 0.462. The Balaban J connectivity index is 2.18. The molecule has 2 aromatic rings. The van der Waals surface area contributed by atoms with Crippen LogP contribution in [0.3, 0.4) is 0 Å². The van der Waals surface area contributed by atoms with Crippen molar-refractivity contribution >= 4 is 22.8 Å². The molecule has 2 rings (SSSR count). The van der Waals surface area contributed by atoms with Gasteiger partial charge in [-0.2, -0.15) is 4.98 Å². The van der Waals surface area contributed by atoms with Gasteiger partial charge >= 0.3 is 0 Å². The highest BCUT2D eigenvalue weighted by atomic mass is 16.4. The molecule has 0 aliphatic heterocycles. The van der Waals surface area contributed by atoms with E-state index in [9.17, 15) is 0 Å². The molecule has 0 aliphatic rings. The summed E-state index contributed by atoms with van der Waals surface area (Å²) < 4.78 is 5.62. The third-order valence-corrected chi connectivity index (χ3v) is 2.87. The van der Waals surface area contributed by atoms with Crippen molar-refractivity contribution in [1.29, 1.82) is 0 Å². The van der Waals surface area contributed by atoms with Gasteiger partial charge < -0.3 is 15.5 Å². The summed E-state index contributed by atoms with van der Waals surface area (Å²) in [6, 6.07) is 6.51. The SMILES string of the molecule is CCCC(CC)Nc1nc2cc(N)ccc2o1. The number of nitrogen functional groups attached to an aromatic ring is 1. The van der Waals surface area contributed by atoms with Crippen molar-refractivity contribution < 1.29 is 4.42 Å². The van der Waals surface area contributed by atoms with Gasteiger partial charge in [0.25, 0.3) is 6.01 Å². The predicted molar refractivity (Wildman–Crippen MR) is 71.0 cm³/mol. The van der Waals surface area contributed by atoms with Crippen LogP contribution in [0.2, 0.25) is 0 Å². The van der Waals surface area contributed by atoms with E-state index in [1.165, 1.54) is 0 Å². The fourth-order valence-electron chi connectivity index (χ4n) is 1.91. The lowest BCUT2D eigenvalue weighted by atomic mass is 10.1. The van der Waals surface area contributed by atoms with Crippen LogP contribution < -0.4 is 11.1 Å². The number of fused-ring (bicyclic) bond motifs is 1. The lowest BCUT2D eigenvalue weighted by Crippen LogP contribution is -2.17. The van der Waals surface area contributed by atoms with E-state index >= 15 is 0 Å². The number of hydrogen-bond acceptors (Lipinski definition) is 4. The van der Waals surface area contributed by atoms with Gasteiger partial charge in [0.2, 0.25) is 0 Å². The van der Waals surface area contributed by atoms with Crippen LogP contribution in [0, 0.1) is 0 Å². The summed E-state index contributed by atoms with van der Waals surface area (Å²) in [5, 5.41) is 3.32. The van der Waals surface area contributed by atoms with Gasteiger partial charge in [0.1, 0.15) is 5.52 Å². The monoisotopic (exact) mass is 233 g/mol. The van der Waals surface area contributed by atoms with E-state index < -0.39 is 0 Å². The number of benzene rings is 1. The second kappa shape index (κ2) is 5.08. The van der Waals surface area contributed by atoms with Crippen LogP contribution in [0.15, 0.2) is 22.6 Å². The van der Waals surface area contributed by atoms with Crippen molar-refractivity contribution in [1.82, 2.24) is 4.98 Å². The Morgan fingerprint density at radius 2 is 2.24 bits per heavy atom. The Kier molecular flexibility index (Phi) is 3.52. The van der Waals surface area contributed by atoms with Gasteiger partial charge in [0.15, 0.2) is 5.58 Å². The summed E-state index contributed by atoms with van der Waals surface area (Å²) in [5.41, 5.74) is 7.99. The van der Waals surface area contributed by atoms with Gasteiger partial charge in [-0.05, 0) is 31.0 Å². The molecule has 4 nitrogen and oxygen atoms in total. The molecule has 1 aromatic heterocycles. The largest absolute Gasteiger partial charge is 0.424 e. The van der Waals surface area contributed by atoms with Crippen LogP contribution in [0.1, 0.15) is 33.1 Å². The minimum atomic E-state index is 0.422. The maximum Gasteiger partial charge on any atom is 0.295 e. The number of anilines is 2. The van der Waals surface area contributed by atoms with Crippen LogP contribution in [-0.4, -0.2) is 11.0 Å². The number of nitrogens with one attached hydrogen (secondary N) is 1. The zero-order valence-corrected chi connectivity index (χ0v) is 10.4. The first kappa shape index (κ1) is 11.8. The molecular formula is C13H19N3O. The van der Waals surface area contributed by atoms with E-state index in [-0.39, 0.29) is 0 Å². The van der Waals surface area contributed by atoms with Crippen LogP contribution in [-0.2, 0) is 0 Å². The van der Waals surface area contributed by atoms with Crippen molar-refractivity contribution in [2.24, 2.45) is 0 Å². The molecule has 17 heavy (non-hydrogen) atoms. The minimum Gasteiger partial charge on any atom is -0.424 e. The molecule has 1 aromatic carbocycles. The topological polar surface area (TPSA) is 64.1 Å². The van der Waals surface area contributed by atoms with Crippen LogP contribution in [0.25, 0.3) is 11.1 Å². The summed E-state index contributed by atoms with van der Waals surface area (Å²) in [6.45, 7) is 4.34. The quantitative estimate of drug-likeness (QED) is 0.777. The molecule has 0 fully saturated rings. The molecule has 0 radical (unpaired) electrons. The molecule has 1 unspecified atom stereocenters. The molecular weight excluding hydrogens is 214 g/mol. The first-order valence-corrected chi connectivity index (χ1v) is 6.15. The average molecular weight is 233 g/mol. The number of nitrogens with two attached hydrogens (primary N) is 1. The highest BCUT2D eigenvalue weighted by Gasteiger charge is 2.10. The Morgan fingerprint density at radius 1 is 1.41 bits per heavy atom. The third kappa shape index (κ3) is 2.70. The van der Waals surface area contributed by atoms with E-state index in [0.29, 0.717) is 17.7 Å². The van der Waals surface area contributed by atoms with Gasteiger partial charge in [-0.1, -0.05) is 20.3 Å². The molecule has 3 N–H and O–H groups in total. The molecule has 0 bridgehead atoms. The first-order valence-electron chi connectivity index (χ1n) is 6.15. The predicted octanol–water partition coefficient (Wildman–Crippen LogP) is 3.40. The normalized spacial score (nSPS) is 12.8. The van der Waals surface area contributed by atoms with Gasteiger partial charge in [-0.15, -0.1) is 0 Å². The van der Waals surface area contributed by atoms with E-state index in [2.05, 4.69) is 24.1 Å². The Labute approximate surface area is 101 Å². The Hall–Kier alpha value is -1.71. The van der Waals surface area contributed by atoms with Gasteiger partial charge in [0.05, 0.1) is 0 Å². The fourth-order valence-corrected chi connectivity index (χ4v) is 1.91. The second-order valence-corrected chi connectivity index (χ2v) is 4.28. The van der Waals surface area contributed by atoms with Crippen molar-refractivity contribution in [2.45, 2.75) is 39.2 Å². The number of hydrogen-bond donors (Lipinski definition) is 2. The van der Waals surface area contributed by atoms with Crippen molar-refractivity contribution in [3.8, 4) is 0 Å². The highest BCUT2D eigenvalue weighted by Crippen LogP contribution is 2.22. The Morgan fingerprint density at radius 3 is 2.94 bits per heavy atom. The molecule has 0 aliphatic carbocycles. The van der Waals surface area contributed by atoms with Gasteiger partial charge in [-0.25, -0.2) is 0 Å². The number of nitrogens with zero attached hydrogens (tertiary/aromatic N) is 1. The van der Waals surface area contributed by atoms with Crippen LogP contribution in [0.5, 0.6) is 0 Å². The van der Waals surface area contributed by atoms with Crippen molar-refractivity contribution in [3.05, 3.63) is 18.2 Å². The number of oxazole rings is 1. The van der Waals surface area contributed by atoms with Crippen molar-refractivity contribution in [2.75, 3.05) is 11.1 Å². The maximum absolute atomic E-state index is 5.71. The summed E-state index contributed by atoms with van der Waals surface area (Å²) in [4.78, 5) is 4.39. The number of aromatic nitrogens is 1. The van der Waals surface area contributed by atoms with E-state index in [4.69, 9.17) is 10.2 Å². The van der Waals surface area contributed by atoms with E-state index in [0.717, 1.165) is 30.4 Å². The molecule has 0 saturated heterocycles. The third-order valence-electron chi connectivity index (χ3n) is 2.87. The molecule has 1 heterocycles. The molecule has 0 saturated carbocycles. The number of rotatable bonds is 5.